The van der Waals surface area contributed by atoms with Crippen LogP contribution in [0.5, 0.6) is 0 Å². The molecule has 1 aromatic carbocycles. The van der Waals surface area contributed by atoms with Gasteiger partial charge in [-0.15, -0.1) is 0 Å². The minimum Gasteiger partial charge on any atom is -0.389 e. The molecule has 3 heteroatoms. The highest BCUT2D eigenvalue weighted by Crippen LogP contribution is 2.24. The Morgan fingerprint density at radius 2 is 1.82 bits per heavy atom. The van der Waals surface area contributed by atoms with E-state index in [1.807, 2.05) is 42.8 Å². The summed E-state index contributed by atoms with van der Waals surface area (Å²) in [7, 11) is 0. The van der Waals surface area contributed by atoms with E-state index >= 15 is 0 Å². The summed E-state index contributed by atoms with van der Waals surface area (Å²) in [6.07, 6.45) is -0.490. The third-order valence-corrected chi connectivity index (χ3v) is 3.27. The van der Waals surface area contributed by atoms with Crippen molar-refractivity contribution in [2.24, 2.45) is 0 Å². The molecule has 90 valence electrons. The van der Waals surface area contributed by atoms with Gasteiger partial charge in [-0.3, -0.25) is 0 Å². The van der Waals surface area contributed by atoms with Crippen molar-refractivity contribution in [2.45, 2.75) is 33.8 Å². The van der Waals surface area contributed by atoms with Crippen LogP contribution in [0.1, 0.15) is 35.5 Å². The molecular weight excluding hydrogens is 212 g/mol. The number of nitrogens with zero attached hydrogens (tertiary/aromatic N) is 2. The third kappa shape index (κ3) is 1.98. The van der Waals surface area contributed by atoms with Gasteiger partial charge in [0.15, 0.2) is 0 Å². The Morgan fingerprint density at radius 1 is 1.18 bits per heavy atom. The molecule has 0 radical (unpaired) electrons. The van der Waals surface area contributed by atoms with Gasteiger partial charge in [0, 0.05) is 11.3 Å². The lowest BCUT2D eigenvalue weighted by atomic mass is 10.1. The molecule has 0 amide bonds. The van der Waals surface area contributed by atoms with Crippen molar-refractivity contribution < 1.29 is 5.11 Å². The molecule has 0 aliphatic rings. The maximum Gasteiger partial charge on any atom is 0.0782 e. The maximum absolute atomic E-state index is 9.79. The predicted molar refractivity (Wildman–Crippen MR) is 68.4 cm³/mol. The molecule has 1 aromatic heterocycles. The number of rotatable bonds is 2. The van der Waals surface area contributed by atoms with Gasteiger partial charge in [0.2, 0.25) is 0 Å². The number of aliphatic hydroxyl groups excluding tert-OH is 1. The molecule has 1 unspecified atom stereocenters. The van der Waals surface area contributed by atoms with Crippen LogP contribution in [0.15, 0.2) is 24.3 Å². The minimum atomic E-state index is -0.490. The monoisotopic (exact) mass is 230 g/mol. The quantitative estimate of drug-likeness (QED) is 0.861. The number of hydrogen-bond donors (Lipinski definition) is 1. The first-order chi connectivity index (χ1) is 8.02. The topological polar surface area (TPSA) is 38.0 Å². The van der Waals surface area contributed by atoms with Crippen LogP contribution in [0, 0.1) is 20.8 Å². The number of aliphatic hydroxyl groups is 1. The van der Waals surface area contributed by atoms with Crippen molar-refractivity contribution in [1.82, 2.24) is 9.78 Å². The summed E-state index contributed by atoms with van der Waals surface area (Å²) >= 11 is 0. The van der Waals surface area contributed by atoms with E-state index in [0.29, 0.717) is 0 Å². The van der Waals surface area contributed by atoms with E-state index in [4.69, 9.17) is 0 Å². The molecular formula is C14H18N2O. The average Bonchev–Trinajstić information content (AvgIpc) is 2.57. The first-order valence-electron chi connectivity index (χ1n) is 5.82. The number of aromatic nitrogens is 2. The summed E-state index contributed by atoms with van der Waals surface area (Å²) in [6.45, 7) is 7.90. The van der Waals surface area contributed by atoms with Crippen LogP contribution in [0.3, 0.4) is 0 Å². The van der Waals surface area contributed by atoms with Crippen LogP contribution < -0.4 is 0 Å². The fourth-order valence-corrected chi connectivity index (χ4v) is 1.99. The minimum absolute atomic E-state index is 0.490. The lowest BCUT2D eigenvalue weighted by Crippen LogP contribution is -2.05. The second-order valence-electron chi connectivity index (χ2n) is 4.44. The zero-order valence-corrected chi connectivity index (χ0v) is 10.7. The molecule has 0 spiro atoms. The van der Waals surface area contributed by atoms with Crippen LogP contribution >= 0.6 is 0 Å². The summed E-state index contributed by atoms with van der Waals surface area (Å²) in [5, 5.41) is 14.3. The Morgan fingerprint density at radius 3 is 2.35 bits per heavy atom. The van der Waals surface area contributed by atoms with Crippen molar-refractivity contribution in [3.63, 3.8) is 0 Å². The van der Waals surface area contributed by atoms with E-state index in [-0.39, 0.29) is 0 Å². The number of aryl methyl sites for hydroxylation is 1. The smallest absolute Gasteiger partial charge is 0.0782 e. The van der Waals surface area contributed by atoms with Crippen LogP contribution in [0.4, 0.5) is 0 Å². The highest BCUT2D eigenvalue weighted by atomic mass is 16.3. The van der Waals surface area contributed by atoms with Gasteiger partial charge in [-0.05, 0) is 39.3 Å². The first kappa shape index (κ1) is 11.9. The summed E-state index contributed by atoms with van der Waals surface area (Å²) in [4.78, 5) is 0. The van der Waals surface area contributed by atoms with E-state index in [0.717, 1.165) is 22.6 Å². The fraction of sp³-hybridized carbons (Fsp3) is 0.357. The highest BCUT2D eigenvalue weighted by molar-refractivity contribution is 5.44. The van der Waals surface area contributed by atoms with Gasteiger partial charge in [0.25, 0.3) is 0 Å². The summed E-state index contributed by atoms with van der Waals surface area (Å²) in [5.74, 6) is 0. The van der Waals surface area contributed by atoms with Crippen molar-refractivity contribution in [1.29, 1.82) is 0 Å². The predicted octanol–water partition coefficient (Wildman–Crippen LogP) is 2.85. The second kappa shape index (κ2) is 4.34. The molecule has 2 rings (SSSR count). The van der Waals surface area contributed by atoms with E-state index in [9.17, 15) is 5.11 Å². The van der Waals surface area contributed by atoms with Gasteiger partial charge in [0.05, 0.1) is 17.5 Å². The van der Waals surface area contributed by atoms with E-state index in [1.54, 1.807) is 6.92 Å². The lowest BCUT2D eigenvalue weighted by molar-refractivity contribution is 0.199. The van der Waals surface area contributed by atoms with Crippen molar-refractivity contribution in [2.75, 3.05) is 0 Å². The molecule has 1 N–H and O–H groups in total. The van der Waals surface area contributed by atoms with Crippen LogP contribution in [0.25, 0.3) is 5.69 Å². The molecule has 3 nitrogen and oxygen atoms in total. The van der Waals surface area contributed by atoms with Gasteiger partial charge in [-0.2, -0.15) is 5.10 Å². The average molecular weight is 230 g/mol. The Kier molecular flexibility index (Phi) is 3.03. The molecule has 2 aromatic rings. The Balaban J connectivity index is 2.64. The molecule has 17 heavy (non-hydrogen) atoms. The van der Waals surface area contributed by atoms with Crippen LogP contribution in [-0.4, -0.2) is 14.9 Å². The SMILES string of the molecule is Cc1nn(-c2ccccc2C(C)O)c(C)c1C. The molecule has 0 saturated carbocycles. The Hall–Kier alpha value is -1.61. The maximum atomic E-state index is 9.79. The molecule has 0 saturated heterocycles. The molecule has 1 atom stereocenters. The number of benzene rings is 1. The molecule has 0 aliphatic carbocycles. The van der Waals surface area contributed by atoms with Crippen LogP contribution in [-0.2, 0) is 0 Å². The number of para-hydroxylation sites is 1. The van der Waals surface area contributed by atoms with Gasteiger partial charge in [-0.1, -0.05) is 18.2 Å². The molecule has 1 heterocycles. The molecule has 0 bridgehead atoms. The number of hydrogen-bond acceptors (Lipinski definition) is 2. The Bertz CT molecular complexity index is 541. The lowest BCUT2D eigenvalue weighted by Gasteiger charge is -2.13. The van der Waals surface area contributed by atoms with Crippen LogP contribution in [0.2, 0.25) is 0 Å². The van der Waals surface area contributed by atoms with Crippen molar-refractivity contribution >= 4 is 0 Å². The first-order valence-corrected chi connectivity index (χ1v) is 5.82. The molecule has 0 aliphatic heterocycles. The van der Waals surface area contributed by atoms with E-state index < -0.39 is 6.10 Å². The van der Waals surface area contributed by atoms with Crippen molar-refractivity contribution in [3.8, 4) is 5.69 Å². The largest absolute Gasteiger partial charge is 0.389 e. The fourth-order valence-electron chi connectivity index (χ4n) is 1.99. The zero-order chi connectivity index (χ0) is 12.6. The van der Waals surface area contributed by atoms with E-state index in [1.165, 1.54) is 5.56 Å². The normalized spacial score (nSPS) is 12.8. The van der Waals surface area contributed by atoms with Crippen molar-refractivity contribution in [3.05, 3.63) is 46.8 Å². The van der Waals surface area contributed by atoms with Gasteiger partial charge < -0.3 is 5.11 Å². The van der Waals surface area contributed by atoms with Gasteiger partial charge >= 0.3 is 0 Å². The zero-order valence-electron chi connectivity index (χ0n) is 10.7. The Labute approximate surface area is 102 Å². The third-order valence-electron chi connectivity index (χ3n) is 3.27. The summed E-state index contributed by atoms with van der Waals surface area (Å²) < 4.78 is 1.91. The molecule has 0 fully saturated rings. The van der Waals surface area contributed by atoms with Gasteiger partial charge in [0.1, 0.15) is 0 Å². The summed E-state index contributed by atoms with van der Waals surface area (Å²) in [6, 6.07) is 7.82. The second-order valence-corrected chi connectivity index (χ2v) is 4.44. The highest BCUT2D eigenvalue weighted by Gasteiger charge is 2.13. The summed E-state index contributed by atoms with van der Waals surface area (Å²) in [5.41, 5.74) is 5.21. The van der Waals surface area contributed by atoms with E-state index in [2.05, 4.69) is 12.0 Å². The standard InChI is InChI=1S/C14H18N2O/c1-9-10(2)15-16(11(9)3)14-8-6-5-7-13(14)12(4)17/h5-8,12,17H,1-4H3. The van der Waals surface area contributed by atoms with Gasteiger partial charge in [-0.25, -0.2) is 4.68 Å².